The third-order valence-corrected chi connectivity index (χ3v) is 4.23. The number of rotatable bonds is 6. The highest BCUT2D eigenvalue weighted by Gasteiger charge is 2.20. The zero-order chi connectivity index (χ0) is 11.1. The van der Waals surface area contributed by atoms with Crippen LogP contribution in [0.3, 0.4) is 0 Å². The molecule has 0 bridgehead atoms. The lowest BCUT2D eigenvalue weighted by Gasteiger charge is -2.29. The minimum Gasteiger partial charge on any atom is -0.391 e. The predicted octanol–water partition coefficient (Wildman–Crippen LogP) is 1.26. The summed E-state index contributed by atoms with van der Waals surface area (Å²) < 4.78 is 4.89. The van der Waals surface area contributed by atoms with Crippen LogP contribution in [0.15, 0.2) is 0 Å². The maximum Gasteiger partial charge on any atom is 0.0785 e. The highest BCUT2D eigenvalue weighted by molar-refractivity contribution is 7.99. The molecule has 1 rings (SSSR count). The van der Waals surface area contributed by atoms with E-state index in [2.05, 4.69) is 12.2 Å². The van der Waals surface area contributed by atoms with Crippen LogP contribution in [0.25, 0.3) is 0 Å². The molecule has 0 spiro atoms. The molecule has 0 amide bonds. The Morgan fingerprint density at radius 1 is 1.60 bits per heavy atom. The largest absolute Gasteiger partial charge is 0.391 e. The van der Waals surface area contributed by atoms with Crippen LogP contribution in [-0.2, 0) is 4.74 Å². The van der Waals surface area contributed by atoms with Gasteiger partial charge in [-0.05, 0) is 31.6 Å². The van der Waals surface area contributed by atoms with Crippen molar-refractivity contribution in [2.75, 3.05) is 26.0 Å². The average Bonchev–Trinajstić information content (AvgIpc) is 2.21. The molecule has 4 heteroatoms. The molecule has 3 nitrogen and oxygen atoms in total. The van der Waals surface area contributed by atoms with Crippen LogP contribution in [0.1, 0.15) is 26.2 Å². The molecule has 1 aliphatic rings. The SMILES string of the molecule is COCC(O)CCNC1CCCSC1C. The average molecular weight is 233 g/mol. The molecule has 1 heterocycles. The number of nitrogens with one attached hydrogen (secondary N) is 1. The number of aliphatic hydroxyl groups is 1. The first kappa shape index (κ1) is 13.3. The van der Waals surface area contributed by atoms with Crippen molar-refractivity contribution in [1.29, 1.82) is 0 Å². The second kappa shape index (κ2) is 7.49. The van der Waals surface area contributed by atoms with Crippen molar-refractivity contribution in [2.24, 2.45) is 0 Å². The summed E-state index contributed by atoms with van der Waals surface area (Å²) in [6, 6.07) is 0.624. The smallest absolute Gasteiger partial charge is 0.0785 e. The van der Waals surface area contributed by atoms with Gasteiger partial charge in [-0.1, -0.05) is 6.92 Å². The molecule has 15 heavy (non-hydrogen) atoms. The molecule has 1 saturated heterocycles. The number of methoxy groups -OCH3 is 1. The van der Waals surface area contributed by atoms with Gasteiger partial charge in [0.05, 0.1) is 12.7 Å². The van der Waals surface area contributed by atoms with Gasteiger partial charge in [-0.2, -0.15) is 11.8 Å². The lowest BCUT2D eigenvalue weighted by molar-refractivity contribution is 0.0589. The monoisotopic (exact) mass is 233 g/mol. The van der Waals surface area contributed by atoms with Gasteiger partial charge >= 0.3 is 0 Å². The van der Waals surface area contributed by atoms with E-state index in [9.17, 15) is 5.11 Å². The highest BCUT2D eigenvalue weighted by atomic mass is 32.2. The number of hydrogen-bond donors (Lipinski definition) is 2. The van der Waals surface area contributed by atoms with Crippen molar-refractivity contribution in [3.8, 4) is 0 Å². The molecule has 90 valence electrons. The standard InChI is InChI=1S/C11H23NO2S/c1-9-11(4-3-7-15-9)12-6-5-10(13)8-14-2/h9-13H,3-8H2,1-2H3. The normalized spacial score (nSPS) is 29.0. The summed E-state index contributed by atoms with van der Waals surface area (Å²) in [5.74, 6) is 1.30. The molecule has 3 unspecified atom stereocenters. The van der Waals surface area contributed by atoms with E-state index in [4.69, 9.17) is 4.74 Å². The fourth-order valence-electron chi connectivity index (χ4n) is 1.90. The quantitative estimate of drug-likeness (QED) is 0.725. The lowest BCUT2D eigenvalue weighted by atomic mass is 10.1. The van der Waals surface area contributed by atoms with Gasteiger partial charge in [0.15, 0.2) is 0 Å². The molecular formula is C11H23NO2S. The Labute approximate surface area is 97.0 Å². The number of thioether (sulfide) groups is 1. The van der Waals surface area contributed by atoms with E-state index in [0.29, 0.717) is 17.9 Å². The molecule has 1 aliphatic heterocycles. The van der Waals surface area contributed by atoms with Gasteiger partial charge < -0.3 is 15.2 Å². The fraction of sp³-hybridized carbons (Fsp3) is 1.00. The molecule has 0 radical (unpaired) electrons. The molecule has 0 aromatic rings. The van der Waals surface area contributed by atoms with Crippen LogP contribution in [0.2, 0.25) is 0 Å². The highest BCUT2D eigenvalue weighted by Crippen LogP contribution is 2.24. The summed E-state index contributed by atoms with van der Waals surface area (Å²) in [7, 11) is 1.62. The van der Waals surface area contributed by atoms with E-state index in [-0.39, 0.29) is 6.10 Å². The fourth-order valence-corrected chi connectivity index (χ4v) is 3.07. The van der Waals surface area contributed by atoms with Gasteiger partial charge in [0.25, 0.3) is 0 Å². The maximum atomic E-state index is 9.47. The third kappa shape index (κ3) is 5.20. The van der Waals surface area contributed by atoms with Crippen molar-refractivity contribution in [2.45, 2.75) is 43.6 Å². The van der Waals surface area contributed by atoms with E-state index in [1.807, 2.05) is 11.8 Å². The van der Waals surface area contributed by atoms with Crippen LogP contribution in [0.4, 0.5) is 0 Å². The number of hydrogen-bond acceptors (Lipinski definition) is 4. The third-order valence-electron chi connectivity index (χ3n) is 2.85. The lowest BCUT2D eigenvalue weighted by Crippen LogP contribution is -2.40. The van der Waals surface area contributed by atoms with Gasteiger partial charge in [0.1, 0.15) is 0 Å². The molecule has 1 fully saturated rings. The second-order valence-corrected chi connectivity index (χ2v) is 5.66. The van der Waals surface area contributed by atoms with E-state index < -0.39 is 0 Å². The number of ether oxygens (including phenoxy) is 1. The zero-order valence-electron chi connectivity index (χ0n) is 9.74. The summed E-state index contributed by atoms with van der Waals surface area (Å²) in [5, 5.41) is 13.7. The Hall–Kier alpha value is 0.230. The molecule has 0 aromatic carbocycles. The predicted molar refractivity (Wildman–Crippen MR) is 65.4 cm³/mol. The Kier molecular flexibility index (Phi) is 6.64. The molecule has 3 atom stereocenters. The van der Waals surface area contributed by atoms with Gasteiger partial charge in [-0.15, -0.1) is 0 Å². The van der Waals surface area contributed by atoms with Gasteiger partial charge in [-0.3, -0.25) is 0 Å². The maximum absolute atomic E-state index is 9.47. The van der Waals surface area contributed by atoms with Crippen LogP contribution in [-0.4, -0.2) is 48.5 Å². The van der Waals surface area contributed by atoms with Crippen molar-refractivity contribution in [3.05, 3.63) is 0 Å². The molecular weight excluding hydrogens is 210 g/mol. The minimum atomic E-state index is -0.325. The zero-order valence-corrected chi connectivity index (χ0v) is 10.6. The summed E-state index contributed by atoms with van der Waals surface area (Å²) >= 11 is 2.05. The minimum absolute atomic E-state index is 0.325. The first-order chi connectivity index (χ1) is 7.24. The van der Waals surface area contributed by atoms with Crippen molar-refractivity contribution in [1.82, 2.24) is 5.32 Å². The van der Waals surface area contributed by atoms with E-state index in [1.54, 1.807) is 7.11 Å². The molecule has 0 saturated carbocycles. The first-order valence-corrected chi connectivity index (χ1v) is 6.81. The molecule has 0 aliphatic carbocycles. The van der Waals surface area contributed by atoms with Gasteiger partial charge in [0, 0.05) is 18.4 Å². The Bertz CT molecular complexity index is 169. The topological polar surface area (TPSA) is 41.5 Å². The number of aliphatic hydroxyl groups excluding tert-OH is 1. The summed E-state index contributed by atoms with van der Waals surface area (Å²) in [6.45, 7) is 3.61. The van der Waals surface area contributed by atoms with Crippen molar-refractivity contribution in [3.63, 3.8) is 0 Å². The Morgan fingerprint density at radius 3 is 3.07 bits per heavy atom. The second-order valence-electron chi connectivity index (χ2n) is 4.18. The van der Waals surface area contributed by atoms with E-state index in [0.717, 1.165) is 13.0 Å². The van der Waals surface area contributed by atoms with Crippen molar-refractivity contribution >= 4 is 11.8 Å². The van der Waals surface area contributed by atoms with Crippen LogP contribution >= 0.6 is 11.8 Å². The summed E-state index contributed by atoms with van der Waals surface area (Å²) in [5.41, 5.74) is 0. The van der Waals surface area contributed by atoms with Crippen LogP contribution in [0, 0.1) is 0 Å². The van der Waals surface area contributed by atoms with Crippen molar-refractivity contribution < 1.29 is 9.84 Å². The first-order valence-electron chi connectivity index (χ1n) is 5.76. The summed E-state index contributed by atoms with van der Waals surface area (Å²) in [6.07, 6.45) is 3.04. The molecule has 2 N–H and O–H groups in total. The van der Waals surface area contributed by atoms with Crippen LogP contribution < -0.4 is 5.32 Å². The summed E-state index contributed by atoms with van der Waals surface area (Å²) in [4.78, 5) is 0. The van der Waals surface area contributed by atoms with E-state index >= 15 is 0 Å². The Morgan fingerprint density at radius 2 is 2.40 bits per heavy atom. The Balaban J connectivity index is 2.08. The molecule has 0 aromatic heterocycles. The van der Waals surface area contributed by atoms with Gasteiger partial charge in [0.2, 0.25) is 0 Å². The van der Waals surface area contributed by atoms with Crippen LogP contribution in [0.5, 0.6) is 0 Å². The van der Waals surface area contributed by atoms with Gasteiger partial charge in [-0.25, -0.2) is 0 Å². The van der Waals surface area contributed by atoms with E-state index in [1.165, 1.54) is 18.6 Å².